The summed E-state index contributed by atoms with van der Waals surface area (Å²) in [5.74, 6) is -0.531. The topological polar surface area (TPSA) is 49.6 Å². The summed E-state index contributed by atoms with van der Waals surface area (Å²) in [6.07, 6.45) is 1.53. The van der Waals surface area contributed by atoms with Crippen molar-refractivity contribution in [2.45, 2.75) is 24.4 Å². The quantitative estimate of drug-likeness (QED) is 0.785. The Hall–Kier alpha value is -1.73. The van der Waals surface area contributed by atoms with Gasteiger partial charge < -0.3 is 10.6 Å². The summed E-state index contributed by atoms with van der Waals surface area (Å²) in [4.78, 5) is 16.6. The van der Waals surface area contributed by atoms with Gasteiger partial charge in [-0.2, -0.15) is 0 Å². The van der Waals surface area contributed by atoms with Crippen LogP contribution in [0.5, 0.6) is 0 Å². The lowest BCUT2D eigenvalue weighted by Crippen LogP contribution is -2.54. The largest absolute Gasteiger partial charge is 0.339 e. The van der Waals surface area contributed by atoms with E-state index in [1.165, 1.54) is 24.3 Å². The summed E-state index contributed by atoms with van der Waals surface area (Å²) in [6.45, 7) is 2.58. The minimum absolute atomic E-state index is 0. The molecule has 0 atom stereocenters. The first kappa shape index (κ1) is 23.5. The molecule has 1 amide bonds. The second-order valence-corrected chi connectivity index (χ2v) is 7.49. The van der Waals surface area contributed by atoms with E-state index >= 15 is 0 Å². The SMILES string of the molecule is Cl.Cl.NC1(C(=O)N2CCN(C(c3ccc(F)cc3)c3ccc(F)cc3)CC2)CC1. The smallest absolute Gasteiger partial charge is 0.242 e. The molecule has 1 aliphatic carbocycles. The van der Waals surface area contributed by atoms with Gasteiger partial charge in [-0.1, -0.05) is 24.3 Å². The highest BCUT2D eigenvalue weighted by Crippen LogP contribution is 2.35. The molecule has 1 heterocycles. The Balaban J connectivity index is 0.00000150. The van der Waals surface area contributed by atoms with E-state index < -0.39 is 5.54 Å². The molecule has 2 aromatic carbocycles. The van der Waals surface area contributed by atoms with Gasteiger partial charge in [0.1, 0.15) is 11.6 Å². The number of carbonyl (C=O) groups is 1. The molecule has 29 heavy (non-hydrogen) atoms. The molecule has 2 aromatic rings. The zero-order chi connectivity index (χ0) is 19.0. The molecule has 4 rings (SSSR count). The van der Waals surface area contributed by atoms with E-state index in [2.05, 4.69) is 4.90 Å². The van der Waals surface area contributed by atoms with Gasteiger partial charge in [-0.05, 0) is 48.2 Å². The van der Waals surface area contributed by atoms with Crippen molar-refractivity contribution in [3.63, 3.8) is 0 Å². The Morgan fingerprint density at radius 1 is 0.828 bits per heavy atom. The van der Waals surface area contributed by atoms with Crippen molar-refractivity contribution < 1.29 is 13.6 Å². The van der Waals surface area contributed by atoms with Gasteiger partial charge in [-0.25, -0.2) is 8.78 Å². The van der Waals surface area contributed by atoms with Crippen LogP contribution < -0.4 is 5.73 Å². The maximum atomic E-state index is 13.4. The van der Waals surface area contributed by atoms with Crippen LogP contribution in [-0.2, 0) is 4.79 Å². The molecule has 2 N–H and O–H groups in total. The van der Waals surface area contributed by atoms with Crippen molar-refractivity contribution in [3.05, 3.63) is 71.3 Å². The summed E-state index contributed by atoms with van der Waals surface area (Å²) in [7, 11) is 0. The van der Waals surface area contributed by atoms with Crippen LogP contribution >= 0.6 is 24.8 Å². The first-order chi connectivity index (χ1) is 13.0. The summed E-state index contributed by atoms with van der Waals surface area (Å²) in [5.41, 5.74) is 7.30. The highest BCUT2D eigenvalue weighted by molar-refractivity contribution is 5.89. The number of piperazine rings is 1. The average Bonchev–Trinajstić information content (AvgIpc) is 3.44. The Bertz CT molecular complexity index is 775. The Labute approximate surface area is 181 Å². The maximum Gasteiger partial charge on any atom is 0.242 e. The average molecular weight is 444 g/mol. The molecule has 0 spiro atoms. The molecule has 2 fully saturated rings. The number of amides is 1. The molecule has 0 unspecified atom stereocenters. The molecule has 2 aliphatic rings. The first-order valence-electron chi connectivity index (χ1n) is 9.29. The minimum atomic E-state index is -0.643. The lowest BCUT2D eigenvalue weighted by molar-refractivity contribution is -0.135. The maximum absolute atomic E-state index is 13.4. The third kappa shape index (κ3) is 5.07. The van der Waals surface area contributed by atoms with Crippen LogP contribution in [0.25, 0.3) is 0 Å². The molecule has 8 heteroatoms. The van der Waals surface area contributed by atoms with E-state index in [1.807, 2.05) is 4.90 Å². The van der Waals surface area contributed by atoms with E-state index in [0.29, 0.717) is 26.2 Å². The van der Waals surface area contributed by atoms with E-state index in [4.69, 9.17) is 5.73 Å². The second-order valence-electron chi connectivity index (χ2n) is 7.49. The Morgan fingerprint density at radius 3 is 1.62 bits per heavy atom. The van der Waals surface area contributed by atoms with E-state index in [0.717, 1.165) is 24.0 Å². The Kier molecular flexibility index (Phi) is 7.62. The van der Waals surface area contributed by atoms with Crippen molar-refractivity contribution in [1.82, 2.24) is 9.80 Å². The van der Waals surface area contributed by atoms with Crippen LogP contribution in [-0.4, -0.2) is 47.4 Å². The molecular weight excluding hydrogens is 419 g/mol. The van der Waals surface area contributed by atoms with Gasteiger partial charge in [0.25, 0.3) is 0 Å². The van der Waals surface area contributed by atoms with Crippen LogP contribution in [0.1, 0.15) is 30.0 Å². The van der Waals surface area contributed by atoms with E-state index in [1.54, 1.807) is 24.3 Å². The number of hydrogen-bond acceptors (Lipinski definition) is 3. The van der Waals surface area contributed by atoms with Crippen LogP contribution in [0.2, 0.25) is 0 Å². The predicted octanol–water partition coefficient (Wildman–Crippen LogP) is 3.53. The van der Waals surface area contributed by atoms with Crippen molar-refractivity contribution in [2.75, 3.05) is 26.2 Å². The van der Waals surface area contributed by atoms with Gasteiger partial charge in [-0.15, -0.1) is 24.8 Å². The number of nitrogens with two attached hydrogens (primary N) is 1. The fourth-order valence-electron chi connectivity index (χ4n) is 3.75. The fourth-order valence-corrected chi connectivity index (χ4v) is 3.75. The van der Waals surface area contributed by atoms with Crippen molar-refractivity contribution in [1.29, 1.82) is 0 Å². The van der Waals surface area contributed by atoms with Gasteiger partial charge in [0.15, 0.2) is 0 Å². The molecule has 158 valence electrons. The van der Waals surface area contributed by atoms with Gasteiger partial charge >= 0.3 is 0 Å². The molecule has 0 bridgehead atoms. The zero-order valence-corrected chi connectivity index (χ0v) is 17.5. The number of rotatable bonds is 4. The van der Waals surface area contributed by atoms with E-state index in [9.17, 15) is 13.6 Å². The van der Waals surface area contributed by atoms with Crippen LogP contribution in [0, 0.1) is 11.6 Å². The lowest BCUT2D eigenvalue weighted by atomic mass is 9.96. The van der Waals surface area contributed by atoms with Crippen LogP contribution in [0.3, 0.4) is 0 Å². The highest BCUT2D eigenvalue weighted by Gasteiger charge is 2.48. The fraction of sp³-hybridized carbons (Fsp3) is 0.381. The zero-order valence-electron chi connectivity index (χ0n) is 15.9. The highest BCUT2D eigenvalue weighted by atomic mass is 35.5. The van der Waals surface area contributed by atoms with Gasteiger partial charge in [-0.3, -0.25) is 9.69 Å². The number of carbonyl (C=O) groups excluding carboxylic acids is 1. The molecular formula is C21H25Cl2F2N3O. The molecule has 4 nitrogen and oxygen atoms in total. The molecule has 0 aromatic heterocycles. The summed E-state index contributed by atoms with van der Waals surface area (Å²) < 4.78 is 26.8. The van der Waals surface area contributed by atoms with Crippen molar-refractivity contribution >= 4 is 30.7 Å². The van der Waals surface area contributed by atoms with Crippen molar-refractivity contribution in [3.8, 4) is 0 Å². The van der Waals surface area contributed by atoms with E-state index in [-0.39, 0.29) is 48.4 Å². The monoisotopic (exact) mass is 443 g/mol. The number of benzene rings is 2. The molecule has 1 aliphatic heterocycles. The Morgan fingerprint density at radius 2 is 1.24 bits per heavy atom. The predicted molar refractivity (Wildman–Crippen MR) is 113 cm³/mol. The normalized spacial score (nSPS) is 18.0. The second kappa shape index (κ2) is 9.39. The van der Waals surface area contributed by atoms with Gasteiger partial charge in [0.05, 0.1) is 11.6 Å². The molecule has 1 saturated heterocycles. The summed E-state index contributed by atoms with van der Waals surface area (Å²) in [6, 6.07) is 12.7. The summed E-state index contributed by atoms with van der Waals surface area (Å²) in [5, 5.41) is 0. The van der Waals surface area contributed by atoms with Gasteiger partial charge in [0, 0.05) is 26.2 Å². The van der Waals surface area contributed by atoms with Crippen LogP contribution in [0.4, 0.5) is 8.78 Å². The standard InChI is InChI=1S/C21H23F2N3O.2ClH/c22-17-5-1-15(2-6-17)19(16-3-7-18(23)8-4-16)25-11-13-26(14-12-25)20(27)21(24)9-10-21;;/h1-8,19H,9-14,24H2;2*1H. The molecule has 1 saturated carbocycles. The van der Waals surface area contributed by atoms with Crippen molar-refractivity contribution in [2.24, 2.45) is 5.73 Å². The van der Waals surface area contributed by atoms with Crippen LogP contribution in [0.15, 0.2) is 48.5 Å². The number of halogens is 4. The lowest BCUT2D eigenvalue weighted by Gasteiger charge is -2.40. The number of hydrogen-bond donors (Lipinski definition) is 1. The van der Waals surface area contributed by atoms with Gasteiger partial charge in [0.2, 0.25) is 5.91 Å². The third-order valence-electron chi connectivity index (χ3n) is 5.55. The first-order valence-corrected chi connectivity index (χ1v) is 9.29. The minimum Gasteiger partial charge on any atom is -0.339 e. The third-order valence-corrected chi connectivity index (χ3v) is 5.55. The summed E-state index contributed by atoms with van der Waals surface area (Å²) >= 11 is 0. The molecule has 0 radical (unpaired) electrons. The number of nitrogens with zero attached hydrogens (tertiary/aromatic N) is 2.